The summed E-state index contributed by atoms with van der Waals surface area (Å²) in [7, 11) is 3.45. The molecule has 0 radical (unpaired) electrons. The average Bonchev–Trinajstić information content (AvgIpc) is 3.76. The van der Waals surface area contributed by atoms with Crippen molar-refractivity contribution in [2.24, 2.45) is 7.05 Å². The summed E-state index contributed by atoms with van der Waals surface area (Å²) in [6, 6.07) is 12.7. The predicted molar refractivity (Wildman–Crippen MR) is 202 cm³/mol. The number of nitrogens with one attached hydrogen (secondary N) is 1. The Morgan fingerprint density at radius 1 is 1.04 bits per heavy atom. The molecule has 3 aromatic carbocycles. The van der Waals surface area contributed by atoms with Gasteiger partial charge in [0.05, 0.1) is 41.2 Å². The third-order valence-corrected chi connectivity index (χ3v) is 10.9. The first kappa shape index (κ1) is 34.5. The molecule has 0 unspecified atom stereocenters. The second-order valence-corrected chi connectivity index (χ2v) is 14.1. The zero-order valence-electron chi connectivity index (χ0n) is 29.6. The number of aromatic amines is 1. The molecule has 51 heavy (non-hydrogen) atoms. The molecule has 0 bridgehead atoms. The minimum atomic E-state index is -1.10. The Morgan fingerprint density at radius 3 is 2.41 bits per heavy atom. The number of benzene rings is 3. The number of aryl methyl sites for hydroxylation is 5. The average molecular weight is 729 g/mol. The normalized spacial score (nSPS) is 14.5. The molecular weight excluding hydrogens is 689 g/mol. The summed E-state index contributed by atoms with van der Waals surface area (Å²) in [5.41, 5.74) is 8.99. The molecule has 6 aromatic rings. The van der Waals surface area contributed by atoms with Gasteiger partial charge in [0.25, 0.3) is 5.91 Å². The van der Waals surface area contributed by atoms with Crippen molar-refractivity contribution in [1.29, 1.82) is 0 Å². The Balaban J connectivity index is 1.38. The molecule has 4 heterocycles. The molecule has 0 saturated heterocycles. The molecule has 1 aliphatic heterocycles. The van der Waals surface area contributed by atoms with Gasteiger partial charge in [-0.3, -0.25) is 9.48 Å². The van der Waals surface area contributed by atoms with Crippen molar-refractivity contribution >= 4 is 62.6 Å². The number of hydrogen-bond donors (Lipinski definition) is 2. The second kappa shape index (κ2) is 13.0. The SMILES string of the molecule is COc1ccc(N2C[C@@H](C)n3c(c(CCCOc4cc(C)c(Cl)c(C)c4)c4ccc(Cl)c(-c5c(C)nn(C)c5C)c43)C2=O)c2[nH]c(C(=O)O)cc12. The fraction of sp³-hybridized carbons (Fsp3) is 0.308. The number of aromatic nitrogens is 4. The van der Waals surface area contributed by atoms with Crippen LogP contribution in [0.1, 0.15) is 68.4 Å². The number of carboxylic acid groups (broad SMARTS) is 1. The fourth-order valence-electron chi connectivity index (χ4n) is 7.63. The van der Waals surface area contributed by atoms with E-state index in [1.165, 1.54) is 13.2 Å². The number of amides is 1. The number of methoxy groups -OCH3 is 1. The lowest BCUT2D eigenvalue weighted by atomic mass is 9.98. The number of fused-ring (bicyclic) bond motifs is 4. The van der Waals surface area contributed by atoms with E-state index in [9.17, 15) is 14.7 Å². The summed E-state index contributed by atoms with van der Waals surface area (Å²) in [6.45, 7) is 10.8. The lowest BCUT2D eigenvalue weighted by molar-refractivity contribution is 0.0691. The first-order valence-corrected chi connectivity index (χ1v) is 17.6. The maximum Gasteiger partial charge on any atom is 0.352 e. The largest absolute Gasteiger partial charge is 0.496 e. The topological polar surface area (TPSA) is 115 Å². The monoisotopic (exact) mass is 727 g/mol. The van der Waals surface area contributed by atoms with E-state index in [4.69, 9.17) is 37.8 Å². The zero-order chi connectivity index (χ0) is 36.5. The number of aromatic carboxylic acids is 1. The number of rotatable bonds is 9. The molecule has 2 N–H and O–H groups in total. The van der Waals surface area contributed by atoms with Gasteiger partial charge in [0, 0.05) is 52.3 Å². The van der Waals surface area contributed by atoms with Crippen molar-refractivity contribution in [3.8, 4) is 22.6 Å². The number of carboxylic acids is 1. The first-order valence-electron chi connectivity index (χ1n) is 16.8. The third kappa shape index (κ3) is 5.61. The standard InChI is InChI=1S/C39H39Cl2N5O5/c1-19-15-24(16-20(2)34(19)41)51-14-8-9-25-26-10-11-28(40)33(32-22(4)43-44(6)23(32)5)36(26)46-21(3)18-45(38(47)37(25)46)30-12-13-31(50-7)27-17-29(39(48)49)42-35(27)30/h10-13,15-17,21,42H,8-9,14,18H2,1-7H3,(H,48,49)/t21-/m1/s1. The van der Waals surface area contributed by atoms with Crippen molar-refractivity contribution in [2.45, 2.75) is 53.5 Å². The maximum absolute atomic E-state index is 15.0. The molecule has 7 rings (SSSR count). The zero-order valence-corrected chi connectivity index (χ0v) is 31.1. The molecule has 1 aliphatic rings. The van der Waals surface area contributed by atoms with Gasteiger partial charge in [-0.1, -0.05) is 29.3 Å². The molecule has 3 aromatic heterocycles. The molecule has 0 spiro atoms. The number of hydrogen-bond acceptors (Lipinski definition) is 5. The van der Waals surface area contributed by atoms with Gasteiger partial charge in [-0.05, 0) is 101 Å². The van der Waals surface area contributed by atoms with Crippen molar-refractivity contribution in [3.05, 3.63) is 92.0 Å². The summed E-state index contributed by atoms with van der Waals surface area (Å²) in [5, 5.41) is 17.3. The highest BCUT2D eigenvalue weighted by molar-refractivity contribution is 6.35. The van der Waals surface area contributed by atoms with E-state index < -0.39 is 5.97 Å². The van der Waals surface area contributed by atoms with Crippen molar-refractivity contribution in [2.75, 3.05) is 25.2 Å². The molecule has 0 aliphatic carbocycles. The van der Waals surface area contributed by atoms with Crippen LogP contribution in [0, 0.1) is 27.7 Å². The van der Waals surface area contributed by atoms with Crippen LogP contribution in [0.25, 0.3) is 32.9 Å². The number of halogens is 2. The lowest BCUT2D eigenvalue weighted by Gasteiger charge is -2.34. The quantitative estimate of drug-likeness (QED) is 0.144. The van der Waals surface area contributed by atoms with Crippen LogP contribution in [-0.4, -0.2) is 56.6 Å². The summed E-state index contributed by atoms with van der Waals surface area (Å²) in [4.78, 5) is 31.7. The summed E-state index contributed by atoms with van der Waals surface area (Å²) >= 11 is 13.5. The highest BCUT2D eigenvalue weighted by Gasteiger charge is 2.37. The van der Waals surface area contributed by atoms with Crippen LogP contribution in [-0.2, 0) is 13.5 Å². The van der Waals surface area contributed by atoms with Gasteiger partial charge < -0.3 is 29.0 Å². The fourth-order valence-corrected chi connectivity index (χ4v) is 7.99. The van der Waals surface area contributed by atoms with E-state index in [1.807, 2.05) is 63.7 Å². The lowest BCUT2D eigenvalue weighted by Crippen LogP contribution is -2.42. The van der Waals surface area contributed by atoms with Gasteiger partial charge in [0.15, 0.2) is 0 Å². The maximum atomic E-state index is 15.0. The van der Waals surface area contributed by atoms with Gasteiger partial charge in [0.1, 0.15) is 22.9 Å². The smallest absolute Gasteiger partial charge is 0.352 e. The molecule has 1 atom stereocenters. The Bertz CT molecular complexity index is 2380. The van der Waals surface area contributed by atoms with E-state index in [0.29, 0.717) is 59.0 Å². The third-order valence-electron chi connectivity index (χ3n) is 10.0. The molecule has 1 amide bonds. The number of nitrogens with zero attached hydrogens (tertiary/aromatic N) is 4. The minimum Gasteiger partial charge on any atom is -0.496 e. The van der Waals surface area contributed by atoms with Crippen LogP contribution in [0.3, 0.4) is 0 Å². The van der Waals surface area contributed by atoms with E-state index >= 15 is 0 Å². The minimum absolute atomic E-state index is 0.00984. The number of anilines is 1. The van der Waals surface area contributed by atoms with E-state index in [1.54, 1.807) is 17.0 Å². The molecule has 10 nitrogen and oxygen atoms in total. The molecule has 264 valence electrons. The Kier molecular flexibility index (Phi) is 8.80. The number of carbonyl (C=O) groups is 2. The van der Waals surface area contributed by atoms with Crippen LogP contribution in [0.2, 0.25) is 10.0 Å². The number of carbonyl (C=O) groups excluding carboxylic acids is 1. The predicted octanol–water partition coefficient (Wildman–Crippen LogP) is 9.00. The Labute approximate surface area is 305 Å². The van der Waals surface area contributed by atoms with E-state index in [-0.39, 0.29) is 17.6 Å². The van der Waals surface area contributed by atoms with Crippen molar-refractivity contribution in [3.63, 3.8) is 0 Å². The van der Waals surface area contributed by atoms with Crippen molar-refractivity contribution < 1.29 is 24.2 Å². The van der Waals surface area contributed by atoms with Gasteiger partial charge in [-0.2, -0.15) is 5.10 Å². The van der Waals surface area contributed by atoms with Gasteiger partial charge >= 0.3 is 5.97 Å². The van der Waals surface area contributed by atoms with Crippen LogP contribution >= 0.6 is 23.2 Å². The number of ether oxygens (including phenoxy) is 2. The van der Waals surface area contributed by atoms with Crippen LogP contribution in [0.5, 0.6) is 11.5 Å². The Morgan fingerprint density at radius 2 is 1.76 bits per heavy atom. The number of H-pyrrole nitrogens is 1. The molecule has 0 saturated carbocycles. The summed E-state index contributed by atoms with van der Waals surface area (Å²) in [6.07, 6.45) is 1.20. The first-order chi connectivity index (χ1) is 24.3. The van der Waals surface area contributed by atoms with Gasteiger partial charge in [0.2, 0.25) is 0 Å². The van der Waals surface area contributed by atoms with Gasteiger partial charge in [-0.15, -0.1) is 0 Å². The van der Waals surface area contributed by atoms with Crippen LogP contribution in [0.15, 0.2) is 42.5 Å². The van der Waals surface area contributed by atoms with Crippen molar-refractivity contribution in [1.82, 2.24) is 19.3 Å². The molecule has 0 fully saturated rings. The summed E-state index contributed by atoms with van der Waals surface area (Å²) in [5.74, 6) is -0.0291. The van der Waals surface area contributed by atoms with Crippen LogP contribution < -0.4 is 14.4 Å². The Hall–Kier alpha value is -4.93. The van der Waals surface area contributed by atoms with Gasteiger partial charge in [-0.25, -0.2) is 4.79 Å². The summed E-state index contributed by atoms with van der Waals surface area (Å²) < 4.78 is 15.8. The molecular formula is C39H39Cl2N5O5. The van der Waals surface area contributed by atoms with E-state index in [2.05, 4.69) is 16.5 Å². The highest BCUT2D eigenvalue weighted by atomic mass is 35.5. The molecule has 12 heteroatoms. The van der Waals surface area contributed by atoms with E-state index in [0.717, 1.165) is 60.9 Å². The highest BCUT2D eigenvalue weighted by Crippen LogP contribution is 2.46. The second-order valence-electron chi connectivity index (χ2n) is 13.3. The van der Waals surface area contributed by atoms with Crippen LogP contribution in [0.4, 0.5) is 5.69 Å².